The largest absolute Gasteiger partial charge is 0.345 e. The molecule has 0 aliphatic rings. The minimum atomic E-state index is -0.235. The van der Waals surface area contributed by atoms with Gasteiger partial charge >= 0.3 is 0 Å². The van der Waals surface area contributed by atoms with Gasteiger partial charge in [-0.1, -0.05) is 18.3 Å². The standard InChI is InChI=1S/C10H10ClN3OS2/c1-2-6-3-4-7(16-6)5-12-8(15)9-13-14-10(11)17-9/h3-4H,2,5H2,1H3,(H,12,15). The molecule has 2 heterocycles. The number of hydrogen-bond donors (Lipinski definition) is 1. The quantitative estimate of drug-likeness (QED) is 0.941. The Labute approximate surface area is 112 Å². The minimum absolute atomic E-state index is 0.235. The number of rotatable bonds is 4. The molecule has 2 aromatic heterocycles. The molecule has 1 amide bonds. The molecule has 0 fully saturated rings. The van der Waals surface area contributed by atoms with Crippen molar-refractivity contribution in [2.24, 2.45) is 0 Å². The van der Waals surface area contributed by atoms with Gasteiger partial charge in [-0.2, -0.15) is 0 Å². The molecule has 17 heavy (non-hydrogen) atoms. The highest BCUT2D eigenvalue weighted by atomic mass is 35.5. The highest BCUT2D eigenvalue weighted by molar-refractivity contribution is 7.17. The summed E-state index contributed by atoms with van der Waals surface area (Å²) in [5.41, 5.74) is 0. The monoisotopic (exact) mass is 287 g/mol. The smallest absolute Gasteiger partial charge is 0.282 e. The lowest BCUT2D eigenvalue weighted by molar-refractivity contribution is 0.0950. The van der Waals surface area contributed by atoms with Gasteiger partial charge in [0.2, 0.25) is 9.47 Å². The number of halogens is 1. The average molecular weight is 288 g/mol. The number of hydrogen-bond acceptors (Lipinski definition) is 5. The van der Waals surface area contributed by atoms with Crippen LogP contribution >= 0.6 is 34.3 Å². The van der Waals surface area contributed by atoms with Gasteiger partial charge in [-0.25, -0.2) is 0 Å². The van der Waals surface area contributed by atoms with Crippen LogP contribution in [0.1, 0.15) is 26.5 Å². The lowest BCUT2D eigenvalue weighted by atomic mass is 10.3. The van der Waals surface area contributed by atoms with Crippen LogP contribution in [0, 0.1) is 0 Å². The number of carbonyl (C=O) groups excluding carboxylic acids is 1. The van der Waals surface area contributed by atoms with E-state index in [9.17, 15) is 4.79 Å². The molecule has 90 valence electrons. The number of amides is 1. The SMILES string of the molecule is CCc1ccc(CNC(=O)c2nnc(Cl)s2)s1. The molecule has 0 aromatic carbocycles. The molecule has 0 unspecified atom stereocenters. The third-order valence-corrected chi connectivity index (χ3v) is 4.33. The van der Waals surface area contributed by atoms with Crippen molar-refractivity contribution in [1.29, 1.82) is 0 Å². The molecular formula is C10H10ClN3OS2. The van der Waals surface area contributed by atoms with Crippen LogP contribution in [0.3, 0.4) is 0 Å². The van der Waals surface area contributed by atoms with Gasteiger partial charge < -0.3 is 5.32 Å². The highest BCUT2D eigenvalue weighted by Gasteiger charge is 2.11. The van der Waals surface area contributed by atoms with E-state index in [2.05, 4.69) is 28.5 Å². The maximum atomic E-state index is 11.7. The molecule has 0 saturated carbocycles. The molecule has 0 aliphatic carbocycles. The second-order valence-corrected chi connectivity index (χ2v) is 6.08. The molecule has 2 rings (SSSR count). The average Bonchev–Trinajstić information content (AvgIpc) is 2.94. The Kier molecular flexibility index (Phi) is 4.09. The molecular weight excluding hydrogens is 278 g/mol. The fourth-order valence-electron chi connectivity index (χ4n) is 1.25. The van der Waals surface area contributed by atoms with E-state index in [0.29, 0.717) is 11.6 Å². The van der Waals surface area contributed by atoms with E-state index in [1.807, 2.05) is 6.07 Å². The van der Waals surface area contributed by atoms with Crippen molar-refractivity contribution in [2.75, 3.05) is 0 Å². The Morgan fingerprint density at radius 2 is 2.12 bits per heavy atom. The molecule has 4 nitrogen and oxygen atoms in total. The summed E-state index contributed by atoms with van der Waals surface area (Å²) in [5, 5.41) is 10.3. The summed E-state index contributed by atoms with van der Waals surface area (Å²) in [7, 11) is 0. The summed E-state index contributed by atoms with van der Waals surface area (Å²) in [4.78, 5) is 14.1. The van der Waals surface area contributed by atoms with Crippen LogP contribution in [0.2, 0.25) is 4.47 Å². The summed E-state index contributed by atoms with van der Waals surface area (Å²) in [6.07, 6.45) is 1.02. The molecule has 0 atom stereocenters. The Hall–Kier alpha value is -0.980. The van der Waals surface area contributed by atoms with Crippen LogP contribution in [0.5, 0.6) is 0 Å². The first kappa shape index (κ1) is 12.5. The predicted molar refractivity (Wildman–Crippen MR) is 69.8 cm³/mol. The third-order valence-electron chi connectivity index (χ3n) is 2.08. The molecule has 0 aliphatic heterocycles. The fraction of sp³-hybridized carbons (Fsp3) is 0.300. The molecule has 0 radical (unpaired) electrons. The van der Waals surface area contributed by atoms with Crippen LogP contribution in [0.15, 0.2) is 12.1 Å². The van der Waals surface area contributed by atoms with Crippen LogP contribution in [0.4, 0.5) is 0 Å². The van der Waals surface area contributed by atoms with Crippen LogP contribution < -0.4 is 5.32 Å². The zero-order valence-corrected chi connectivity index (χ0v) is 11.5. The van der Waals surface area contributed by atoms with Crippen molar-refractivity contribution in [3.63, 3.8) is 0 Å². The van der Waals surface area contributed by atoms with E-state index in [0.717, 1.165) is 22.6 Å². The number of nitrogens with zero attached hydrogens (tertiary/aromatic N) is 2. The van der Waals surface area contributed by atoms with Crippen LogP contribution in [-0.2, 0) is 13.0 Å². The summed E-state index contributed by atoms with van der Waals surface area (Å²) in [5.74, 6) is -0.235. The van der Waals surface area contributed by atoms with Gasteiger partial charge in [-0.05, 0) is 30.2 Å². The predicted octanol–water partition coefficient (Wildman–Crippen LogP) is 2.75. The van der Waals surface area contributed by atoms with Crippen molar-refractivity contribution in [2.45, 2.75) is 19.9 Å². The second-order valence-electron chi connectivity index (χ2n) is 3.26. The van der Waals surface area contributed by atoms with Gasteiger partial charge in [0.25, 0.3) is 5.91 Å². The number of carbonyl (C=O) groups is 1. The van der Waals surface area contributed by atoms with Crippen molar-refractivity contribution >= 4 is 40.2 Å². The molecule has 1 N–H and O–H groups in total. The summed E-state index contributed by atoms with van der Waals surface area (Å²) in [6.45, 7) is 2.62. The van der Waals surface area contributed by atoms with Crippen LogP contribution in [-0.4, -0.2) is 16.1 Å². The van der Waals surface area contributed by atoms with Crippen molar-refractivity contribution in [1.82, 2.24) is 15.5 Å². The first-order chi connectivity index (χ1) is 8.19. The first-order valence-electron chi connectivity index (χ1n) is 5.04. The number of nitrogens with one attached hydrogen (secondary N) is 1. The summed E-state index contributed by atoms with van der Waals surface area (Å²) in [6, 6.07) is 4.10. The van der Waals surface area contributed by atoms with E-state index in [-0.39, 0.29) is 10.4 Å². The Morgan fingerprint density at radius 3 is 2.71 bits per heavy atom. The van der Waals surface area contributed by atoms with E-state index < -0.39 is 0 Å². The number of aryl methyl sites for hydroxylation is 1. The summed E-state index contributed by atoms with van der Waals surface area (Å²) < 4.78 is 0.277. The van der Waals surface area contributed by atoms with Crippen molar-refractivity contribution < 1.29 is 4.79 Å². The van der Waals surface area contributed by atoms with Gasteiger partial charge in [-0.15, -0.1) is 21.5 Å². The van der Waals surface area contributed by atoms with Gasteiger partial charge in [-0.3, -0.25) is 4.79 Å². The lowest BCUT2D eigenvalue weighted by Gasteiger charge is -1.99. The van der Waals surface area contributed by atoms with Crippen LogP contribution in [0.25, 0.3) is 0 Å². The topological polar surface area (TPSA) is 54.9 Å². The highest BCUT2D eigenvalue weighted by Crippen LogP contribution is 2.17. The zero-order chi connectivity index (χ0) is 12.3. The van der Waals surface area contributed by atoms with E-state index in [1.165, 1.54) is 4.88 Å². The van der Waals surface area contributed by atoms with E-state index >= 15 is 0 Å². The first-order valence-corrected chi connectivity index (χ1v) is 7.05. The van der Waals surface area contributed by atoms with Gasteiger partial charge in [0, 0.05) is 9.75 Å². The van der Waals surface area contributed by atoms with Gasteiger partial charge in [0.15, 0.2) is 0 Å². The van der Waals surface area contributed by atoms with E-state index in [4.69, 9.17) is 11.6 Å². The molecule has 0 bridgehead atoms. The molecule has 7 heteroatoms. The molecule has 2 aromatic rings. The summed E-state index contributed by atoms with van der Waals surface area (Å²) >= 11 is 8.39. The number of aromatic nitrogens is 2. The van der Waals surface area contributed by atoms with E-state index in [1.54, 1.807) is 11.3 Å². The maximum Gasteiger partial charge on any atom is 0.282 e. The maximum absolute atomic E-state index is 11.7. The Bertz CT molecular complexity index is 523. The molecule has 0 spiro atoms. The number of thiophene rings is 1. The Balaban J connectivity index is 1.92. The normalized spacial score (nSPS) is 10.5. The third kappa shape index (κ3) is 3.24. The van der Waals surface area contributed by atoms with Gasteiger partial charge in [0.1, 0.15) is 0 Å². The van der Waals surface area contributed by atoms with Crippen molar-refractivity contribution in [3.8, 4) is 0 Å². The lowest BCUT2D eigenvalue weighted by Crippen LogP contribution is -2.22. The molecule has 0 saturated heterocycles. The minimum Gasteiger partial charge on any atom is -0.345 e. The zero-order valence-electron chi connectivity index (χ0n) is 9.07. The Morgan fingerprint density at radius 1 is 1.35 bits per heavy atom. The second kappa shape index (κ2) is 5.57. The van der Waals surface area contributed by atoms with Crippen molar-refractivity contribution in [3.05, 3.63) is 31.4 Å². The van der Waals surface area contributed by atoms with Gasteiger partial charge in [0.05, 0.1) is 6.54 Å². The fourth-order valence-corrected chi connectivity index (χ4v) is 2.89.